The highest BCUT2D eigenvalue weighted by Crippen LogP contribution is 2.22. The van der Waals surface area contributed by atoms with Gasteiger partial charge in [-0.05, 0) is 68.5 Å². The van der Waals surface area contributed by atoms with Gasteiger partial charge in [-0.3, -0.25) is 9.10 Å². The fourth-order valence-electron chi connectivity index (χ4n) is 3.46. The lowest BCUT2D eigenvalue weighted by atomic mass is 9.97. The van der Waals surface area contributed by atoms with Gasteiger partial charge in [0.15, 0.2) is 6.61 Å². The van der Waals surface area contributed by atoms with Gasteiger partial charge >= 0.3 is 5.97 Å². The van der Waals surface area contributed by atoms with E-state index in [1.165, 1.54) is 54.0 Å². The molecule has 0 fully saturated rings. The van der Waals surface area contributed by atoms with Gasteiger partial charge in [0.25, 0.3) is 15.9 Å². The number of rotatable bonds is 9. The minimum absolute atomic E-state index is 0.0511. The normalized spacial score (nSPS) is 13.7. The number of hydrogen-bond donors (Lipinski definition) is 1. The van der Waals surface area contributed by atoms with E-state index in [2.05, 4.69) is 11.4 Å². The largest absolute Gasteiger partial charge is 0.452 e. The molecule has 0 aliphatic heterocycles. The molecule has 1 N–H and O–H groups in total. The van der Waals surface area contributed by atoms with Crippen molar-refractivity contribution in [1.29, 1.82) is 0 Å². The molecule has 0 saturated carbocycles. The number of carbonyl (C=O) groups excluding carboxylic acids is 2. The van der Waals surface area contributed by atoms with Crippen molar-refractivity contribution in [2.45, 2.75) is 37.0 Å². The van der Waals surface area contributed by atoms with Crippen LogP contribution in [0.1, 0.15) is 42.5 Å². The summed E-state index contributed by atoms with van der Waals surface area (Å²) >= 11 is 0. The Morgan fingerprint density at radius 1 is 1.03 bits per heavy atom. The highest BCUT2D eigenvalue weighted by atomic mass is 32.2. The van der Waals surface area contributed by atoms with Crippen LogP contribution in [0.2, 0.25) is 0 Å². The highest BCUT2D eigenvalue weighted by molar-refractivity contribution is 7.92. The van der Waals surface area contributed by atoms with Crippen molar-refractivity contribution in [2.75, 3.05) is 24.5 Å². The van der Waals surface area contributed by atoms with Gasteiger partial charge in [0, 0.05) is 13.6 Å². The van der Waals surface area contributed by atoms with Crippen molar-refractivity contribution in [3.05, 3.63) is 71.8 Å². The number of benzene rings is 2. The third kappa shape index (κ3) is 6.20. The van der Waals surface area contributed by atoms with Gasteiger partial charge in [-0.25, -0.2) is 13.2 Å². The molecular weight excluding hydrogens is 428 g/mol. The lowest BCUT2D eigenvalue weighted by Gasteiger charge is -2.19. The van der Waals surface area contributed by atoms with Gasteiger partial charge < -0.3 is 10.1 Å². The van der Waals surface area contributed by atoms with Gasteiger partial charge in [0.05, 0.1) is 16.1 Å². The first kappa shape index (κ1) is 23.5. The molecule has 0 aromatic heterocycles. The van der Waals surface area contributed by atoms with E-state index in [9.17, 15) is 18.0 Å². The minimum atomic E-state index is -3.77. The van der Waals surface area contributed by atoms with Crippen molar-refractivity contribution in [2.24, 2.45) is 0 Å². The van der Waals surface area contributed by atoms with Crippen molar-refractivity contribution < 1.29 is 22.7 Å². The van der Waals surface area contributed by atoms with Crippen LogP contribution in [0.4, 0.5) is 5.69 Å². The predicted molar refractivity (Wildman–Crippen MR) is 123 cm³/mol. The molecule has 1 aliphatic carbocycles. The molecule has 0 atom stereocenters. The number of anilines is 1. The summed E-state index contributed by atoms with van der Waals surface area (Å²) < 4.78 is 31.8. The molecule has 1 aliphatic rings. The molecule has 32 heavy (non-hydrogen) atoms. The molecule has 0 bridgehead atoms. The number of hydrogen-bond acceptors (Lipinski definition) is 5. The zero-order chi connectivity index (χ0) is 23.0. The quantitative estimate of drug-likeness (QED) is 0.459. The molecule has 1 amide bonds. The molecule has 7 nitrogen and oxygen atoms in total. The monoisotopic (exact) mass is 456 g/mol. The van der Waals surface area contributed by atoms with E-state index < -0.39 is 16.0 Å². The first-order valence-corrected chi connectivity index (χ1v) is 12.1. The van der Waals surface area contributed by atoms with Crippen LogP contribution >= 0.6 is 0 Å². The first-order valence-electron chi connectivity index (χ1n) is 10.6. The average molecular weight is 457 g/mol. The lowest BCUT2D eigenvalue weighted by molar-refractivity contribution is -0.124. The summed E-state index contributed by atoms with van der Waals surface area (Å²) in [4.78, 5) is 24.2. The molecule has 8 heteroatoms. The van der Waals surface area contributed by atoms with E-state index in [-0.39, 0.29) is 23.0 Å². The minimum Gasteiger partial charge on any atom is -0.452 e. The van der Waals surface area contributed by atoms with Crippen LogP contribution in [0.15, 0.2) is 71.1 Å². The highest BCUT2D eigenvalue weighted by Gasteiger charge is 2.21. The second kappa shape index (κ2) is 10.9. The second-order valence-corrected chi connectivity index (χ2v) is 9.59. The lowest BCUT2D eigenvalue weighted by Crippen LogP contribution is -2.30. The summed E-state index contributed by atoms with van der Waals surface area (Å²) in [5, 5.41) is 2.75. The van der Waals surface area contributed by atoms with Crippen molar-refractivity contribution in [1.82, 2.24) is 5.32 Å². The summed E-state index contributed by atoms with van der Waals surface area (Å²) in [6.45, 7) is 0.137. The predicted octanol–water partition coefficient (Wildman–Crippen LogP) is 3.68. The summed E-state index contributed by atoms with van der Waals surface area (Å²) in [5.74, 6) is -1.05. The number of allylic oxidation sites excluding steroid dienone is 1. The molecule has 0 heterocycles. The smallest absolute Gasteiger partial charge is 0.338 e. The Morgan fingerprint density at radius 3 is 2.41 bits per heavy atom. The fourth-order valence-corrected chi connectivity index (χ4v) is 4.65. The van der Waals surface area contributed by atoms with Crippen LogP contribution in [0.25, 0.3) is 0 Å². The van der Waals surface area contributed by atoms with Crippen LogP contribution < -0.4 is 9.62 Å². The van der Waals surface area contributed by atoms with Gasteiger partial charge in [-0.1, -0.05) is 29.8 Å². The maximum atomic E-state index is 12.8. The van der Waals surface area contributed by atoms with E-state index >= 15 is 0 Å². The molecule has 3 rings (SSSR count). The zero-order valence-electron chi connectivity index (χ0n) is 18.1. The van der Waals surface area contributed by atoms with Crippen LogP contribution in [-0.4, -0.2) is 40.5 Å². The maximum absolute atomic E-state index is 12.8. The van der Waals surface area contributed by atoms with Crippen LogP contribution in [0, 0.1) is 0 Å². The van der Waals surface area contributed by atoms with Crippen LogP contribution in [0.3, 0.4) is 0 Å². The molecule has 2 aromatic carbocycles. The Kier molecular flexibility index (Phi) is 8.05. The van der Waals surface area contributed by atoms with E-state index in [0.29, 0.717) is 12.2 Å². The number of sulfonamides is 1. The maximum Gasteiger partial charge on any atom is 0.338 e. The third-order valence-electron chi connectivity index (χ3n) is 5.36. The number of esters is 1. The summed E-state index contributed by atoms with van der Waals surface area (Å²) in [6.07, 6.45) is 7.65. The number of ether oxygens (including phenoxy) is 1. The van der Waals surface area contributed by atoms with Gasteiger partial charge in [-0.15, -0.1) is 0 Å². The average Bonchev–Trinajstić information content (AvgIpc) is 2.83. The van der Waals surface area contributed by atoms with E-state index in [4.69, 9.17) is 4.74 Å². The first-order chi connectivity index (χ1) is 15.4. The van der Waals surface area contributed by atoms with Crippen molar-refractivity contribution in [3.8, 4) is 0 Å². The van der Waals surface area contributed by atoms with Gasteiger partial charge in [0.2, 0.25) is 0 Å². The summed E-state index contributed by atoms with van der Waals surface area (Å²) in [6, 6.07) is 14.2. The van der Waals surface area contributed by atoms with Gasteiger partial charge in [-0.2, -0.15) is 0 Å². The number of nitrogens with zero attached hydrogens (tertiary/aromatic N) is 1. The molecule has 170 valence electrons. The van der Waals surface area contributed by atoms with E-state index in [1.54, 1.807) is 30.3 Å². The standard InChI is InChI=1S/C24H28N2O5S/c1-26(21-10-6-3-7-11-21)32(29,30)22-14-12-20(13-15-22)24(28)31-18-23(27)25-17-16-19-8-4-2-5-9-19/h3,6-8,10-15H,2,4-5,9,16-18H2,1H3,(H,25,27). The Hall–Kier alpha value is -3.13. The molecule has 0 spiro atoms. The van der Waals surface area contributed by atoms with Crippen molar-refractivity contribution >= 4 is 27.6 Å². The Bertz CT molecular complexity index is 1060. The van der Waals surface area contributed by atoms with E-state index in [1.807, 2.05) is 0 Å². The molecule has 0 unspecified atom stereocenters. The Balaban J connectivity index is 1.50. The van der Waals surface area contributed by atoms with E-state index in [0.717, 1.165) is 19.3 Å². The Labute approximate surface area is 189 Å². The molecular formula is C24H28N2O5S. The summed E-state index contributed by atoms with van der Waals surface area (Å²) in [5.41, 5.74) is 2.06. The number of amides is 1. The summed E-state index contributed by atoms with van der Waals surface area (Å²) in [7, 11) is -2.30. The second-order valence-electron chi connectivity index (χ2n) is 7.62. The number of nitrogens with one attached hydrogen (secondary N) is 1. The molecule has 2 aromatic rings. The third-order valence-corrected chi connectivity index (χ3v) is 7.16. The number of para-hydroxylation sites is 1. The molecule has 0 radical (unpaired) electrons. The van der Waals surface area contributed by atoms with Crippen LogP contribution in [0.5, 0.6) is 0 Å². The number of carbonyl (C=O) groups is 2. The zero-order valence-corrected chi connectivity index (χ0v) is 18.9. The van der Waals surface area contributed by atoms with Crippen LogP contribution in [-0.2, 0) is 19.6 Å². The van der Waals surface area contributed by atoms with Gasteiger partial charge in [0.1, 0.15) is 0 Å². The fraction of sp³-hybridized carbons (Fsp3) is 0.333. The van der Waals surface area contributed by atoms with Crippen molar-refractivity contribution in [3.63, 3.8) is 0 Å². The molecule has 0 saturated heterocycles. The SMILES string of the molecule is CN(c1ccccc1)S(=O)(=O)c1ccc(C(=O)OCC(=O)NCCC2=CCCCC2)cc1. The Morgan fingerprint density at radius 2 is 1.75 bits per heavy atom. The topological polar surface area (TPSA) is 92.8 Å².